The fourth-order valence-electron chi connectivity index (χ4n) is 1.75. The van der Waals surface area contributed by atoms with Crippen LogP contribution in [-0.2, 0) is 20.7 Å². The van der Waals surface area contributed by atoms with Crippen LogP contribution in [0.1, 0.15) is 12.0 Å². The summed E-state index contributed by atoms with van der Waals surface area (Å²) in [5, 5.41) is 0. The van der Waals surface area contributed by atoms with Gasteiger partial charge in [-0.05, 0) is 18.4 Å². The zero-order chi connectivity index (χ0) is 11.4. The highest BCUT2D eigenvalue weighted by atomic mass is 32.2. The minimum absolute atomic E-state index is 0.0158. The van der Waals surface area contributed by atoms with Crippen LogP contribution in [-0.4, -0.2) is 20.8 Å². The van der Waals surface area contributed by atoms with E-state index in [9.17, 15) is 8.42 Å². The molecule has 0 radical (unpaired) electrons. The maximum absolute atomic E-state index is 11.4. The second kappa shape index (κ2) is 4.80. The van der Waals surface area contributed by atoms with Crippen molar-refractivity contribution in [3.05, 3.63) is 47.5 Å². The van der Waals surface area contributed by atoms with Crippen molar-refractivity contribution in [3.63, 3.8) is 0 Å². The first-order chi connectivity index (χ1) is 7.66. The minimum atomic E-state index is -3.36. The Hall–Kier alpha value is -1.13. The molecule has 1 heterocycles. The lowest BCUT2D eigenvalue weighted by Crippen LogP contribution is -2.11. The van der Waals surface area contributed by atoms with Gasteiger partial charge in [0.05, 0.1) is 12.4 Å². The van der Waals surface area contributed by atoms with Crippen molar-refractivity contribution >= 4 is 10.1 Å². The third-order valence-corrected chi connectivity index (χ3v) is 3.70. The summed E-state index contributed by atoms with van der Waals surface area (Å²) in [7, 11) is -3.36. The molecule has 2 rings (SSSR count). The molecular weight excluding hydrogens is 224 g/mol. The zero-order valence-corrected chi connectivity index (χ0v) is 9.74. The van der Waals surface area contributed by atoms with E-state index in [1.165, 1.54) is 0 Å². The summed E-state index contributed by atoms with van der Waals surface area (Å²) in [6.45, 7) is 0.265. The molecular formula is C12H14O3S. The molecule has 0 saturated heterocycles. The van der Waals surface area contributed by atoms with E-state index in [1.807, 2.05) is 36.4 Å². The van der Waals surface area contributed by atoms with Crippen LogP contribution in [0.4, 0.5) is 0 Å². The van der Waals surface area contributed by atoms with Crippen LogP contribution >= 0.6 is 0 Å². The summed E-state index contributed by atoms with van der Waals surface area (Å²) in [5.74, 6) is 0.0158. The van der Waals surface area contributed by atoms with E-state index < -0.39 is 10.1 Å². The molecule has 0 bridgehead atoms. The van der Waals surface area contributed by atoms with Crippen molar-refractivity contribution in [1.29, 1.82) is 0 Å². The second-order valence-corrected chi connectivity index (χ2v) is 5.48. The van der Waals surface area contributed by atoms with Crippen molar-refractivity contribution in [2.75, 3.05) is 12.4 Å². The van der Waals surface area contributed by atoms with Gasteiger partial charge in [-0.15, -0.1) is 0 Å². The van der Waals surface area contributed by atoms with E-state index in [0.29, 0.717) is 12.8 Å². The summed E-state index contributed by atoms with van der Waals surface area (Å²) in [6.07, 6.45) is 3.32. The summed E-state index contributed by atoms with van der Waals surface area (Å²) >= 11 is 0. The number of hydrogen-bond donors (Lipinski definition) is 0. The molecule has 1 aromatic carbocycles. The molecule has 4 heteroatoms. The predicted molar refractivity (Wildman–Crippen MR) is 62.6 cm³/mol. The molecule has 0 aliphatic carbocycles. The van der Waals surface area contributed by atoms with E-state index in [4.69, 9.17) is 4.18 Å². The van der Waals surface area contributed by atoms with E-state index in [0.717, 1.165) is 11.1 Å². The Bertz CT molecular complexity index is 474. The highest BCUT2D eigenvalue weighted by Gasteiger charge is 2.17. The lowest BCUT2D eigenvalue weighted by molar-refractivity contribution is 0.329. The van der Waals surface area contributed by atoms with E-state index in [1.54, 1.807) is 0 Å². The SMILES string of the molecule is O=S1(=O)CC(Cc2ccccc2)=CCCO1. The van der Waals surface area contributed by atoms with Gasteiger partial charge in [0.15, 0.2) is 0 Å². The Morgan fingerprint density at radius 1 is 1.19 bits per heavy atom. The first-order valence-electron chi connectivity index (χ1n) is 5.25. The van der Waals surface area contributed by atoms with Crippen molar-refractivity contribution < 1.29 is 12.6 Å². The summed E-state index contributed by atoms with van der Waals surface area (Å²) < 4.78 is 27.6. The fourth-order valence-corrected chi connectivity index (χ4v) is 2.85. The smallest absolute Gasteiger partial charge is 0.270 e. The molecule has 16 heavy (non-hydrogen) atoms. The maximum Gasteiger partial charge on any atom is 0.271 e. The van der Waals surface area contributed by atoms with Crippen LogP contribution in [0.2, 0.25) is 0 Å². The van der Waals surface area contributed by atoms with Crippen LogP contribution in [0.15, 0.2) is 42.0 Å². The van der Waals surface area contributed by atoms with Gasteiger partial charge in [-0.2, -0.15) is 8.42 Å². The topological polar surface area (TPSA) is 43.4 Å². The van der Waals surface area contributed by atoms with Gasteiger partial charge in [0.1, 0.15) is 0 Å². The van der Waals surface area contributed by atoms with Crippen LogP contribution in [0.5, 0.6) is 0 Å². The van der Waals surface area contributed by atoms with Gasteiger partial charge in [-0.25, -0.2) is 0 Å². The van der Waals surface area contributed by atoms with Crippen molar-refractivity contribution in [1.82, 2.24) is 0 Å². The van der Waals surface area contributed by atoms with Gasteiger partial charge in [-0.1, -0.05) is 42.0 Å². The Morgan fingerprint density at radius 2 is 1.94 bits per heavy atom. The largest absolute Gasteiger partial charge is 0.271 e. The zero-order valence-electron chi connectivity index (χ0n) is 8.93. The third kappa shape index (κ3) is 3.18. The van der Waals surface area contributed by atoms with Gasteiger partial charge in [0.2, 0.25) is 0 Å². The van der Waals surface area contributed by atoms with E-state index >= 15 is 0 Å². The Morgan fingerprint density at radius 3 is 2.69 bits per heavy atom. The van der Waals surface area contributed by atoms with Crippen molar-refractivity contribution in [2.45, 2.75) is 12.8 Å². The highest BCUT2D eigenvalue weighted by molar-refractivity contribution is 7.86. The van der Waals surface area contributed by atoms with Gasteiger partial charge in [0, 0.05) is 0 Å². The van der Waals surface area contributed by atoms with Crippen molar-refractivity contribution in [3.8, 4) is 0 Å². The molecule has 3 nitrogen and oxygen atoms in total. The average molecular weight is 238 g/mol. The summed E-state index contributed by atoms with van der Waals surface area (Å²) in [6, 6.07) is 9.86. The molecule has 1 aromatic rings. The maximum atomic E-state index is 11.4. The second-order valence-electron chi connectivity index (χ2n) is 3.84. The monoisotopic (exact) mass is 238 g/mol. The standard InChI is InChI=1S/C12H14O3S/c13-16(14)10-12(7-4-8-15-16)9-11-5-2-1-3-6-11/h1-3,5-7H,4,8-10H2. The average Bonchev–Trinajstić information content (AvgIpc) is 2.40. The molecule has 1 aliphatic rings. The van der Waals surface area contributed by atoms with E-state index in [2.05, 4.69) is 0 Å². The van der Waals surface area contributed by atoms with Crippen LogP contribution in [0, 0.1) is 0 Å². The van der Waals surface area contributed by atoms with Gasteiger partial charge < -0.3 is 0 Å². The molecule has 0 unspecified atom stereocenters. The quantitative estimate of drug-likeness (QED) is 0.584. The Kier molecular flexibility index (Phi) is 3.41. The fraction of sp³-hybridized carbons (Fsp3) is 0.333. The molecule has 0 saturated carbocycles. The summed E-state index contributed by atoms with van der Waals surface area (Å²) in [4.78, 5) is 0. The highest BCUT2D eigenvalue weighted by Crippen LogP contribution is 2.15. The lowest BCUT2D eigenvalue weighted by Gasteiger charge is -2.05. The van der Waals surface area contributed by atoms with Crippen LogP contribution < -0.4 is 0 Å². The molecule has 0 atom stereocenters. The summed E-state index contributed by atoms with van der Waals surface area (Å²) in [5.41, 5.74) is 2.05. The minimum Gasteiger partial charge on any atom is -0.270 e. The lowest BCUT2D eigenvalue weighted by atomic mass is 10.1. The van der Waals surface area contributed by atoms with Crippen molar-refractivity contribution in [2.24, 2.45) is 0 Å². The molecule has 0 spiro atoms. The first kappa shape index (κ1) is 11.4. The third-order valence-electron chi connectivity index (χ3n) is 2.45. The Labute approximate surface area is 95.9 Å². The number of hydrogen-bond acceptors (Lipinski definition) is 3. The van der Waals surface area contributed by atoms with Gasteiger partial charge >= 0.3 is 0 Å². The van der Waals surface area contributed by atoms with Gasteiger partial charge in [0.25, 0.3) is 10.1 Å². The molecule has 1 aliphatic heterocycles. The normalized spacial score (nSPS) is 19.9. The number of rotatable bonds is 2. The molecule has 0 aromatic heterocycles. The van der Waals surface area contributed by atoms with Crippen LogP contribution in [0.3, 0.4) is 0 Å². The molecule has 86 valence electrons. The predicted octanol–water partition coefficient (Wildman–Crippen LogP) is 1.91. The number of benzene rings is 1. The molecule has 0 fully saturated rings. The molecule has 0 N–H and O–H groups in total. The first-order valence-corrected chi connectivity index (χ1v) is 6.82. The van der Waals surface area contributed by atoms with E-state index in [-0.39, 0.29) is 12.4 Å². The van der Waals surface area contributed by atoms with Crippen LogP contribution in [0.25, 0.3) is 0 Å². The Balaban J connectivity index is 2.12. The molecule has 0 amide bonds. The van der Waals surface area contributed by atoms with Gasteiger partial charge in [-0.3, -0.25) is 4.18 Å².